The summed E-state index contributed by atoms with van der Waals surface area (Å²) in [5.74, 6) is 1.36. The number of hydrogen-bond acceptors (Lipinski definition) is 12. The van der Waals surface area contributed by atoms with E-state index in [1.807, 2.05) is 98.4 Å². The number of nitrogens with zero attached hydrogens (tertiary/aromatic N) is 7. The summed E-state index contributed by atoms with van der Waals surface area (Å²) in [5, 5.41) is 0. The number of fused-ring (bicyclic) bond motifs is 12. The lowest BCUT2D eigenvalue weighted by Crippen LogP contribution is -2.40. The summed E-state index contributed by atoms with van der Waals surface area (Å²) in [5.41, 5.74) is 16.0. The molecule has 6 aliphatic rings. The third-order valence-corrected chi connectivity index (χ3v) is 17.5. The van der Waals surface area contributed by atoms with Crippen LogP contribution in [0.1, 0.15) is 144 Å². The molecule has 0 N–H and O–H groups in total. The van der Waals surface area contributed by atoms with Crippen molar-refractivity contribution in [1.82, 2.24) is 19.9 Å². The van der Waals surface area contributed by atoms with Gasteiger partial charge in [-0.15, -0.1) is 0 Å². The Bertz CT molecular complexity index is 3910. The molecule has 6 bridgehead atoms. The van der Waals surface area contributed by atoms with Gasteiger partial charge in [-0.25, -0.2) is 19.7 Å². The zero-order chi connectivity index (χ0) is 62.9. The van der Waals surface area contributed by atoms with Crippen molar-refractivity contribution >= 4 is 36.7 Å². The van der Waals surface area contributed by atoms with E-state index >= 15 is 0 Å². The highest BCUT2D eigenvalue weighted by atomic mass is 16.6. The van der Waals surface area contributed by atoms with Crippen molar-refractivity contribution in [3.63, 3.8) is 0 Å². The highest BCUT2D eigenvalue weighted by molar-refractivity contribution is 5.82. The molecular weight excluding hydrogens is 1110 g/mol. The van der Waals surface area contributed by atoms with Crippen LogP contribution in [-0.2, 0) is 45.5 Å². The lowest BCUT2D eigenvalue weighted by Gasteiger charge is -2.45. The van der Waals surface area contributed by atoms with Crippen LogP contribution in [0.3, 0.4) is 0 Å². The first-order valence-corrected chi connectivity index (χ1v) is 31.2. The van der Waals surface area contributed by atoms with E-state index in [9.17, 15) is 14.4 Å². The number of pyridine rings is 3. The minimum Gasteiger partial charge on any atom is -0.407 e. The monoisotopic (exact) mass is 1190 g/mol. The molecule has 0 saturated carbocycles. The maximum absolute atomic E-state index is 12.0. The fraction of sp³-hybridized carbons (Fsp3) is 0.329. The molecule has 13 heteroatoms. The molecule has 6 atom stereocenters. The van der Waals surface area contributed by atoms with Gasteiger partial charge in [0.2, 0.25) is 17.6 Å². The highest BCUT2D eigenvalue weighted by Gasteiger charge is 2.49. The van der Waals surface area contributed by atoms with Gasteiger partial charge in [-0.1, -0.05) is 158 Å². The molecule has 0 fully saturated rings. The standard InChI is InChI=1S/C26H28N2O2.C25H27N3O2.C25H26N2O2/c1-4-9-25(29)30-24-13-12-22-23(28-24)15-20-14-18(3)16-26(22,21(20)5-2)27-17-19-10-7-6-8-11-19;1-5-20-19-13-17(2)15-25(20,26-16-18-9-7-6-8-10-18)21-11-12-23(27-22(21)14-19)30-24(29)28(3)4;1-4-20-19-13-17(3)15-25(20,26-16-18-9-7-6-8-10-18)21-11-12-23(27-22(21)14-19)29-24(28)5-2/h5-8,10-14,17,20H,4,9,15-16H2,1-3H3;5-13,16,19H,14-15H2,1-4H3;4,6-13,16,19H,5,14-15H2,1-3H3/b21-5+,27-17?;20-5+,26-16?;20-4+,26-16?. The van der Waals surface area contributed by atoms with Crippen LogP contribution < -0.4 is 14.2 Å². The maximum atomic E-state index is 12.0. The molecular formula is C76H81N7O6. The quantitative estimate of drug-likeness (QED) is 0.0660. The number of amides is 1. The summed E-state index contributed by atoms with van der Waals surface area (Å²) in [6.45, 7) is 16.6. The summed E-state index contributed by atoms with van der Waals surface area (Å²) >= 11 is 0. The van der Waals surface area contributed by atoms with Crippen LogP contribution in [0.2, 0.25) is 0 Å². The third-order valence-electron chi connectivity index (χ3n) is 17.5. The Morgan fingerprint density at radius 1 is 0.483 bits per heavy atom. The Labute approximate surface area is 524 Å². The smallest absolute Gasteiger partial charge is 0.407 e. The fourth-order valence-electron chi connectivity index (χ4n) is 13.8. The molecule has 0 saturated heterocycles. The fourth-order valence-corrected chi connectivity index (χ4v) is 13.8. The van der Waals surface area contributed by atoms with Gasteiger partial charge in [0.05, 0.1) is 17.1 Å². The Hall–Kier alpha value is -9.23. The molecule has 6 aliphatic carbocycles. The van der Waals surface area contributed by atoms with Gasteiger partial charge in [-0.3, -0.25) is 24.6 Å². The Kier molecular flexibility index (Phi) is 19.4. The van der Waals surface area contributed by atoms with Crippen molar-refractivity contribution in [2.75, 3.05) is 14.1 Å². The molecule has 89 heavy (non-hydrogen) atoms. The average Bonchev–Trinajstić information content (AvgIpc) is 0.769. The van der Waals surface area contributed by atoms with Crippen LogP contribution in [0, 0.1) is 17.8 Å². The number of rotatable bonds is 12. The lowest BCUT2D eigenvalue weighted by molar-refractivity contribution is -0.135. The van der Waals surface area contributed by atoms with E-state index in [-0.39, 0.29) is 29.7 Å². The predicted molar refractivity (Wildman–Crippen MR) is 354 cm³/mol. The predicted octanol–water partition coefficient (Wildman–Crippen LogP) is 15.7. The second-order valence-electron chi connectivity index (χ2n) is 24.1. The summed E-state index contributed by atoms with van der Waals surface area (Å²) in [6.07, 6.45) is 25.5. The largest absolute Gasteiger partial charge is 0.416 e. The number of carbonyl (C=O) groups is 3. The minimum absolute atomic E-state index is 0.234. The average molecular weight is 1190 g/mol. The Morgan fingerprint density at radius 2 is 0.809 bits per heavy atom. The molecule has 3 heterocycles. The summed E-state index contributed by atoms with van der Waals surface area (Å²) in [7, 11) is 3.31. The van der Waals surface area contributed by atoms with Gasteiger partial charge in [-0.2, -0.15) is 0 Å². The minimum atomic E-state index is -0.473. The zero-order valence-corrected chi connectivity index (χ0v) is 53.0. The lowest BCUT2D eigenvalue weighted by atomic mass is 9.63. The summed E-state index contributed by atoms with van der Waals surface area (Å²) in [6, 6.07) is 42.1. The van der Waals surface area contributed by atoms with Crippen molar-refractivity contribution in [2.24, 2.45) is 32.7 Å². The number of allylic oxidation sites excluding steroid dienone is 6. The molecule has 1 amide bonds. The topological polar surface area (TPSA) is 158 Å². The van der Waals surface area contributed by atoms with E-state index in [1.54, 1.807) is 33.2 Å². The van der Waals surface area contributed by atoms with E-state index in [0.29, 0.717) is 30.5 Å². The Morgan fingerprint density at radius 3 is 1.11 bits per heavy atom. The number of esters is 2. The molecule has 0 aliphatic heterocycles. The molecule has 6 aromatic rings. The van der Waals surface area contributed by atoms with Crippen LogP contribution >= 0.6 is 0 Å². The van der Waals surface area contributed by atoms with Gasteiger partial charge in [0, 0.05) is 137 Å². The van der Waals surface area contributed by atoms with Gasteiger partial charge in [0.15, 0.2) is 0 Å². The van der Waals surface area contributed by atoms with Crippen molar-refractivity contribution < 1.29 is 28.6 Å². The summed E-state index contributed by atoms with van der Waals surface area (Å²) < 4.78 is 16.2. The number of hydrogen-bond donors (Lipinski definition) is 0. The van der Waals surface area contributed by atoms with Crippen LogP contribution in [0.4, 0.5) is 4.79 Å². The Balaban J connectivity index is 0.000000147. The molecule has 0 radical (unpaired) electrons. The zero-order valence-electron chi connectivity index (χ0n) is 53.0. The molecule has 3 aromatic heterocycles. The van der Waals surface area contributed by atoms with Crippen molar-refractivity contribution in [3.8, 4) is 17.6 Å². The van der Waals surface area contributed by atoms with Crippen LogP contribution in [-0.4, -0.2) is 70.6 Å². The van der Waals surface area contributed by atoms with Crippen LogP contribution in [0.15, 0.2) is 212 Å². The van der Waals surface area contributed by atoms with Gasteiger partial charge in [-0.05, 0) is 99.6 Å². The molecule has 12 rings (SSSR count). The van der Waals surface area contributed by atoms with Crippen LogP contribution in [0.25, 0.3) is 0 Å². The van der Waals surface area contributed by atoms with Gasteiger partial charge in [0.1, 0.15) is 16.6 Å². The van der Waals surface area contributed by atoms with E-state index in [1.165, 1.54) is 38.3 Å². The first-order chi connectivity index (χ1) is 43.0. The first kappa shape index (κ1) is 62.8. The number of aromatic nitrogens is 3. The molecule has 0 spiro atoms. The van der Waals surface area contributed by atoms with Crippen molar-refractivity contribution in [2.45, 2.75) is 130 Å². The van der Waals surface area contributed by atoms with Crippen molar-refractivity contribution in [1.29, 1.82) is 0 Å². The number of aliphatic imine (C=N–C) groups is 3. The molecule has 456 valence electrons. The van der Waals surface area contributed by atoms with Gasteiger partial charge >= 0.3 is 18.0 Å². The van der Waals surface area contributed by atoms with E-state index in [0.717, 1.165) is 95.4 Å². The number of benzene rings is 3. The number of ether oxygens (including phenoxy) is 3. The highest BCUT2D eigenvalue weighted by Crippen LogP contribution is 2.55. The maximum Gasteiger partial charge on any atom is 0.416 e. The second-order valence-corrected chi connectivity index (χ2v) is 24.1. The SMILES string of the molecule is C/C=C1\C2C=C(C)CC1(N=Cc1ccccc1)c1ccc(OC(=O)CC)nc1C2.C/C=C1\C2C=C(C)CC1(N=Cc1ccccc1)c1ccc(OC(=O)CCC)nc1C2.C/C=C1\C2C=C(C)CC1(N=Cc1ccccc1)c1ccc(OC(=O)N(C)C)nc1C2. The second kappa shape index (κ2) is 27.4. The summed E-state index contributed by atoms with van der Waals surface area (Å²) in [4.78, 5) is 66.7. The molecule has 13 nitrogen and oxygen atoms in total. The van der Waals surface area contributed by atoms with Gasteiger partial charge < -0.3 is 19.1 Å². The van der Waals surface area contributed by atoms with Gasteiger partial charge in [0.25, 0.3) is 0 Å². The first-order valence-electron chi connectivity index (χ1n) is 31.2. The number of carbonyl (C=O) groups excluding carboxylic acids is 3. The van der Waals surface area contributed by atoms with E-state index in [4.69, 9.17) is 44.1 Å². The van der Waals surface area contributed by atoms with E-state index in [2.05, 4.69) is 120 Å². The van der Waals surface area contributed by atoms with E-state index < -0.39 is 22.7 Å². The van der Waals surface area contributed by atoms with Crippen LogP contribution in [0.5, 0.6) is 17.6 Å². The molecule has 6 unspecified atom stereocenters. The normalized spacial score (nSPS) is 24.0. The van der Waals surface area contributed by atoms with Crippen molar-refractivity contribution in [3.05, 3.63) is 248 Å². The third kappa shape index (κ3) is 13.5. The molecule has 3 aromatic carbocycles.